The van der Waals surface area contributed by atoms with Gasteiger partial charge >= 0.3 is 6.09 Å². The number of hydrogen-bond donors (Lipinski definition) is 2. The SMILES string of the molecule is CC(OCC[Si](C)(C)C)c1ccc2[nH]ncc2c1N1CCc2c(nc(S(C)=O)nc2N2CCN(C(=O)O)CC2)C1. The molecule has 2 N–H and O–H groups in total. The summed E-state index contributed by atoms with van der Waals surface area (Å²) in [5.74, 6) is 0.782. The summed E-state index contributed by atoms with van der Waals surface area (Å²) in [6.07, 6.45) is 3.20. The van der Waals surface area contributed by atoms with Crippen molar-refractivity contribution >= 4 is 47.4 Å². The molecule has 0 spiro atoms. The molecule has 5 rings (SSSR count). The van der Waals surface area contributed by atoms with E-state index in [-0.39, 0.29) is 6.10 Å². The maximum Gasteiger partial charge on any atom is 0.407 e. The molecule has 13 heteroatoms. The van der Waals surface area contributed by atoms with Crippen LogP contribution in [-0.4, -0.2) is 94.1 Å². The predicted octanol–water partition coefficient (Wildman–Crippen LogP) is 3.87. The first-order valence-corrected chi connectivity index (χ1v) is 19.1. The maximum atomic E-state index is 12.6. The molecule has 0 saturated carbocycles. The first kappa shape index (κ1) is 28.5. The predicted molar refractivity (Wildman–Crippen MR) is 160 cm³/mol. The number of anilines is 2. The van der Waals surface area contributed by atoms with E-state index in [1.54, 1.807) is 6.26 Å². The molecule has 216 valence electrons. The normalized spacial score (nSPS) is 17.7. The molecule has 3 aromatic rings. The van der Waals surface area contributed by atoms with Crippen molar-refractivity contribution in [2.45, 2.75) is 56.8 Å². The van der Waals surface area contributed by atoms with Crippen LogP contribution >= 0.6 is 0 Å². The van der Waals surface area contributed by atoms with Crippen LogP contribution < -0.4 is 9.80 Å². The lowest BCUT2D eigenvalue weighted by Gasteiger charge is -2.38. The summed E-state index contributed by atoms with van der Waals surface area (Å²) in [7, 11) is -2.57. The number of fused-ring (bicyclic) bond motifs is 2. The van der Waals surface area contributed by atoms with Crippen molar-refractivity contribution in [3.8, 4) is 0 Å². The fraction of sp³-hybridized carbons (Fsp3) is 0.556. The van der Waals surface area contributed by atoms with E-state index in [1.807, 2.05) is 6.20 Å². The van der Waals surface area contributed by atoms with Crippen molar-refractivity contribution in [3.63, 3.8) is 0 Å². The highest BCUT2D eigenvalue weighted by atomic mass is 32.2. The van der Waals surface area contributed by atoms with Crippen molar-refractivity contribution in [2.24, 2.45) is 0 Å². The van der Waals surface area contributed by atoms with E-state index < -0.39 is 25.0 Å². The van der Waals surface area contributed by atoms with Gasteiger partial charge in [0.25, 0.3) is 0 Å². The van der Waals surface area contributed by atoms with Gasteiger partial charge in [0.05, 0.1) is 46.5 Å². The van der Waals surface area contributed by atoms with Crippen LogP contribution in [0.4, 0.5) is 16.3 Å². The summed E-state index contributed by atoms with van der Waals surface area (Å²) in [5, 5.41) is 18.1. The summed E-state index contributed by atoms with van der Waals surface area (Å²) in [6.45, 7) is 13.1. The monoisotopic (exact) mass is 585 g/mol. The molecule has 1 aromatic carbocycles. The van der Waals surface area contributed by atoms with Crippen LogP contribution in [0.5, 0.6) is 0 Å². The number of hydrogen-bond acceptors (Lipinski definition) is 8. The van der Waals surface area contributed by atoms with Gasteiger partial charge in [0, 0.05) is 70.2 Å². The molecule has 2 atom stereocenters. The van der Waals surface area contributed by atoms with Gasteiger partial charge in [0.2, 0.25) is 5.16 Å². The highest BCUT2D eigenvalue weighted by molar-refractivity contribution is 7.84. The minimum absolute atomic E-state index is 0.0859. The van der Waals surface area contributed by atoms with Crippen LogP contribution in [0.3, 0.4) is 0 Å². The average molecular weight is 586 g/mol. The summed E-state index contributed by atoms with van der Waals surface area (Å²) >= 11 is 0. The molecule has 40 heavy (non-hydrogen) atoms. The van der Waals surface area contributed by atoms with Crippen molar-refractivity contribution in [2.75, 3.05) is 55.4 Å². The Balaban J connectivity index is 1.47. The largest absolute Gasteiger partial charge is 0.465 e. The quantitative estimate of drug-likeness (QED) is 0.299. The lowest BCUT2D eigenvalue weighted by molar-refractivity contribution is 0.0761. The summed E-state index contributed by atoms with van der Waals surface area (Å²) in [4.78, 5) is 26.8. The van der Waals surface area contributed by atoms with E-state index in [2.05, 4.69) is 58.7 Å². The van der Waals surface area contributed by atoms with Crippen molar-refractivity contribution in [1.29, 1.82) is 0 Å². The third kappa shape index (κ3) is 6.00. The summed E-state index contributed by atoms with van der Waals surface area (Å²) in [5.41, 5.74) is 5.09. The Morgan fingerprint density at radius 3 is 2.58 bits per heavy atom. The van der Waals surface area contributed by atoms with Crippen LogP contribution in [0.2, 0.25) is 25.7 Å². The van der Waals surface area contributed by atoms with E-state index in [9.17, 15) is 14.1 Å². The highest BCUT2D eigenvalue weighted by Crippen LogP contribution is 2.39. The molecule has 2 aliphatic heterocycles. The Morgan fingerprint density at radius 2 is 1.90 bits per heavy atom. The minimum Gasteiger partial charge on any atom is -0.465 e. The van der Waals surface area contributed by atoms with E-state index in [0.29, 0.717) is 37.9 Å². The highest BCUT2D eigenvalue weighted by Gasteiger charge is 2.31. The maximum absolute atomic E-state index is 12.6. The Labute approximate surface area is 238 Å². The van der Waals surface area contributed by atoms with Crippen LogP contribution in [0.25, 0.3) is 10.9 Å². The van der Waals surface area contributed by atoms with Gasteiger partial charge in [-0.05, 0) is 25.5 Å². The number of amides is 1. The van der Waals surface area contributed by atoms with Crippen LogP contribution in [0, 0.1) is 0 Å². The molecule has 4 heterocycles. The molecular formula is C27H39N7O4SSi. The van der Waals surface area contributed by atoms with Gasteiger partial charge in [-0.25, -0.2) is 14.8 Å². The number of rotatable bonds is 8. The molecule has 0 bridgehead atoms. The van der Waals surface area contributed by atoms with Crippen LogP contribution in [-0.2, 0) is 28.5 Å². The van der Waals surface area contributed by atoms with Crippen LogP contribution in [0.1, 0.15) is 29.8 Å². The number of nitrogens with zero attached hydrogens (tertiary/aromatic N) is 6. The Morgan fingerprint density at radius 1 is 1.15 bits per heavy atom. The number of ether oxygens (including phenoxy) is 1. The van der Waals surface area contributed by atoms with Gasteiger partial charge in [-0.2, -0.15) is 5.10 Å². The molecule has 11 nitrogen and oxygen atoms in total. The molecule has 0 radical (unpaired) electrons. The fourth-order valence-electron chi connectivity index (χ4n) is 5.41. The number of H-pyrrole nitrogens is 1. The Hall–Kier alpha value is -3.03. The number of benzene rings is 1. The van der Waals surface area contributed by atoms with Gasteiger partial charge in [-0.15, -0.1) is 0 Å². The van der Waals surface area contributed by atoms with E-state index >= 15 is 0 Å². The second-order valence-electron chi connectivity index (χ2n) is 11.8. The van der Waals surface area contributed by atoms with Crippen LogP contribution in [0.15, 0.2) is 23.5 Å². The van der Waals surface area contributed by atoms with Gasteiger partial charge < -0.3 is 24.5 Å². The number of nitrogens with one attached hydrogen (secondary N) is 1. The summed E-state index contributed by atoms with van der Waals surface area (Å²) in [6, 6.07) is 5.30. The van der Waals surface area contributed by atoms with Crippen molar-refractivity contribution in [3.05, 3.63) is 35.2 Å². The smallest absolute Gasteiger partial charge is 0.407 e. The van der Waals surface area contributed by atoms with E-state index in [4.69, 9.17) is 14.7 Å². The lowest BCUT2D eigenvalue weighted by atomic mass is 9.99. The van der Waals surface area contributed by atoms with Gasteiger partial charge in [-0.3, -0.25) is 9.31 Å². The second-order valence-corrected chi connectivity index (χ2v) is 18.7. The summed E-state index contributed by atoms with van der Waals surface area (Å²) < 4.78 is 18.9. The minimum atomic E-state index is -1.35. The molecule has 2 aromatic heterocycles. The first-order chi connectivity index (χ1) is 19.0. The van der Waals surface area contributed by atoms with Crippen molar-refractivity contribution in [1.82, 2.24) is 25.1 Å². The molecule has 2 unspecified atom stereocenters. The standard InChI is InChI=1S/C27H39N7O4SSi/c1-18(38-14-15-40(3,4)5)19-6-7-22-21(16-28-31-22)24(19)34-9-8-20-23(17-34)29-26(39(2)37)30-25(20)32-10-12-33(13-11-32)27(35)36/h6-7,16,18H,8-15,17H2,1-5H3,(H,28,31)(H,35,36). The molecule has 1 saturated heterocycles. The van der Waals surface area contributed by atoms with Gasteiger partial charge in [-0.1, -0.05) is 25.7 Å². The third-order valence-corrected chi connectivity index (χ3v) is 10.1. The van der Waals surface area contributed by atoms with Crippen molar-refractivity contribution < 1.29 is 18.8 Å². The number of carboxylic acid groups (broad SMARTS) is 1. The molecule has 2 aliphatic rings. The fourth-order valence-corrected chi connectivity index (χ4v) is 6.60. The third-order valence-electron chi connectivity index (χ3n) is 7.73. The lowest BCUT2D eigenvalue weighted by Crippen LogP contribution is -2.49. The molecule has 1 amide bonds. The van der Waals surface area contributed by atoms with E-state index in [0.717, 1.165) is 64.8 Å². The average Bonchev–Trinajstić information content (AvgIpc) is 3.40. The number of aromatic nitrogens is 4. The molecule has 0 aliphatic carbocycles. The number of aromatic amines is 1. The Bertz CT molecular complexity index is 1420. The topological polar surface area (TPSA) is 128 Å². The number of piperazine rings is 1. The molecular weight excluding hydrogens is 546 g/mol. The zero-order valence-electron chi connectivity index (χ0n) is 23.9. The zero-order valence-corrected chi connectivity index (χ0v) is 25.8. The van der Waals surface area contributed by atoms with Gasteiger partial charge in [0.15, 0.2) is 0 Å². The second kappa shape index (κ2) is 11.5. The zero-order chi connectivity index (χ0) is 28.6. The van der Waals surface area contributed by atoms with Gasteiger partial charge in [0.1, 0.15) is 5.82 Å². The number of carbonyl (C=O) groups is 1. The molecule has 1 fully saturated rings. The first-order valence-electron chi connectivity index (χ1n) is 13.8. The Kier molecular flexibility index (Phi) is 8.16. The van der Waals surface area contributed by atoms with E-state index in [1.165, 1.54) is 4.90 Å².